The molecule has 0 radical (unpaired) electrons. The molecule has 0 amide bonds. The molecule has 0 aromatic heterocycles. The van der Waals surface area contributed by atoms with Crippen LogP contribution in [0, 0.1) is 11.3 Å². The molecule has 1 aromatic carbocycles. The number of hydrogen-bond acceptors (Lipinski definition) is 1. The molecule has 0 aliphatic carbocycles. The molecule has 1 atom stereocenters. The lowest BCUT2D eigenvalue weighted by Gasteiger charge is -2.19. The lowest BCUT2D eigenvalue weighted by Crippen LogP contribution is -2.17. The van der Waals surface area contributed by atoms with Crippen LogP contribution < -0.4 is 0 Å². The maximum atomic E-state index is 9.05. The molecule has 68 valence electrons. The van der Waals surface area contributed by atoms with Crippen molar-refractivity contribution in [2.24, 2.45) is 0 Å². The topological polar surface area (TPSA) is 23.8 Å². The van der Waals surface area contributed by atoms with Crippen molar-refractivity contribution < 1.29 is 0 Å². The molecule has 0 bridgehead atoms. The highest BCUT2D eigenvalue weighted by Crippen LogP contribution is 2.27. The third-order valence-corrected chi connectivity index (χ3v) is 2.96. The van der Waals surface area contributed by atoms with E-state index in [1.54, 1.807) is 0 Å². The average molecular weight is 238 g/mol. The molecule has 2 heteroatoms. The summed E-state index contributed by atoms with van der Waals surface area (Å²) in [4.78, 5) is 0. The summed E-state index contributed by atoms with van der Waals surface area (Å²) in [7, 11) is 0. The molecule has 0 saturated heterocycles. The Morgan fingerprint density at radius 1 is 1.38 bits per heavy atom. The van der Waals surface area contributed by atoms with Crippen molar-refractivity contribution in [3.63, 3.8) is 0 Å². The predicted molar refractivity (Wildman–Crippen MR) is 57.4 cm³/mol. The summed E-state index contributed by atoms with van der Waals surface area (Å²) >= 11 is 3.37. The maximum absolute atomic E-state index is 9.05. The van der Waals surface area contributed by atoms with Gasteiger partial charge in [-0.25, -0.2) is 0 Å². The molecular weight excluding hydrogens is 226 g/mol. The highest BCUT2D eigenvalue weighted by molar-refractivity contribution is 9.10. The molecule has 0 aliphatic heterocycles. The smallest absolute Gasteiger partial charge is 0.0791 e. The van der Waals surface area contributed by atoms with Gasteiger partial charge in [0.1, 0.15) is 0 Å². The maximum Gasteiger partial charge on any atom is 0.0791 e. The van der Waals surface area contributed by atoms with E-state index in [9.17, 15) is 0 Å². The van der Waals surface area contributed by atoms with Crippen LogP contribution in [0.2, 0.25) is 0 Å². The Balaban J connectivity index is 3.08. The van der Waals surface area contributed by atoms with Crippen molar-refractivity contribution >= 4 is 15.9 Å². The van der Waals surface area contributed by atoms with Crippen molar-refractivity contribution in [2.45, 2.75) is 25.7 Å². The normalized spacial score (nSPS) is 14.6. The summed E-state index contributed by atoms with van der Waals surface area (Å²) in [6.07, 6.45) is 0.838. The van der Waals surface area contributed by atoms with Gasteiger partial charge in [-0.3, -0.25) is 0 Å². The Labute approximate surface area is 87.5 Å². The first kappa shape index (κ1) is 10.3. The van der Waals surface area contributed by atoms with Gasteiger partial charge in [0.15, 0.2) is 0 Å². The van der Waals surface area contributed by atoms with Crippen LogP contribution in [0.4, 0.5) is 0 Å². The fraction of sp³-hybridized carbons (Fsp3) is 0.364. The highest BCUT2D eigenvalue weighted by Gasteiger charge is 2.23. The van der Waals surface area contributed by atoms with Gasteiger partial charge in [-0.2, -0.15) is 5.26 Å². The molecule has 1 nitrogen and oxygen atoms in total. The van der Waals surface area contributed by atoms with Crippen molar-refractivity contribution in [3.8, 4) is 6.07 Å². The number of nitriles is 1. The number of benzene rings is 1. The van der Waals surface area contributed by atoms with Gasteiger partial charge in [0, 0.05) is 4.47 Å². The van der Waals surface area contributed by atoms with Crippen LogP contribution in [-0.4, -0.2) is 0 Å². The average Bonchev–Trinajstić information content (AvgIpc) is 2.18. The van der Waals surface area contributed by atoms with Gasteiger partial charge in [-0.15, -0.1) is 0 Å². The number of rotatable bonds is 2. The zero-order valence-electron chi connectivity index (χ0n) is 7.84. The van der Waals surface area contributed by atoms with E-state index >= 15 is 0 Å². The Kier molecular flexibility index (Phi) is 3.11. The predicted octanol–water partition coefficient (Wildman–Crippen LogP) is 3.64. The summed E-state index contributed by atoms with van der Waals surface area (Å²) in [5.74, 6) is 0. The SMILES string of the molecule is CCC(C)(C#N)c1ccc(Br)cc1. The van der Waals surface area contributed by atoms with Crippen LogP contribution in [0.1, 0.15) is 25.8 Å². The number of nitrogens with zero attached hydrogens (tertiary/aromatic N) is 1. The molecule has 0 heterocycles. The van der Waals surface area contributed by atoms with Gasteiger partial charge >= 0.3 is 0 Å². The fourth-order valence-corrected chi connectivity index (χ4v) is 1.43. The quantitative estimate of drug-likeness (QED) is 0.771. The monoisotopic (exact) mass is 237 g/mol. The van der Waals surface area contributed by atoms with Crippen LogP contribution in [0.3, 0.4) is 0 Å². The second-order valence-electron chi connectivity index (χ2n) is 3.30. The van der Waals surface area contributed by atoms with E-state index in [2.05, 4.69) is 22.0 Å². The first-order valence-corrected chi connectivity index (χ1v) is 5.09. The van der Waals surface area contributed by atoms with Gasteiger partial charge in [-0.1, -0.05) is 35.0 Å². The third-order valence-electron chi connectivity index (χ3n) is 2.44. The molecule has 1 aromatic rings. The second-order valence-corrected chi connectivity index (χ2v) is 4.22. The molecule has 0 spiro atoms. The van der Waals surface area contributed by atoms with Crippen LogP contribution >= 0.6 is 15.9 Å². The van der Waals surface area contributed by atoms with Crippen molar-refractivity contribution in [3.05, 3.63) is 34.3 Å². The van der Waals surface area contributed by atoms with Crippen LogP contribution in [0.25, 0.3) is 0 Å². The minimum Gasteiger partial charge on any atom is -0.197 e. The van der Waals surface area contributed by atoms with Gasteiger partial charge in [-0.05, 0) is 31.0 Å². The molecule has 1 rings (SSSR count). The number of hydrogen-bond donors (Lipinski definition) is 0. The molecule has 0 fully saturated rings. The standard InChI is InChI=1S/C11H12BrN/c1-3-11(2,8-13)9-4-6-10(12)7-5-9/h4-7H,3H2,1-2H3. The summed E-state index contributed by atoms with van der Waals surface area (Å²) in [5.41, 5.74) is 0.737. The molecular formula is C11H12BrN. The summed E-state index contributed by atoms with van der Waals surface area (Å²) < 4.78 is 1.05. The van der Waals surface area contributed by atoms with Crippen molar-refractivity contribution in [2.75, 3.05) is 0 Å². The van der Waals surface area contributed by atoms with E-state index in [0.29, 0.717) is 0 Å². The van der Waals surface area contributed by atoms with Gasteiger partial charge in [0.05, 0.1) is 11.5 Å². The lowest BCUT2D eigenvalue weighted by atomic mass is 9.82. The Morgan fingerprint density at radius 2 is 1.92 bits per heavy atom. The van der Waals surface area contributed by atoms with Gasteiger partial charge in [0.25, 0.3) is 0 Å². The molecule has 0 N–H and O–H groups in total. The van der Waals surface area contributed by atoms with E-state index in [1.165, 1.54) is 0 Å². The molecule has 1 unspecified atom stereocenters. The minimum atomic E-state index is -0.347. The fourth-order valence-electron chi connectivity index (χ4n) is 1.17. The first-order valence-electron chi connectivity index (χ1n) is 4.29. The molecule has 13 heavy (non-hydrogen) atoms. The second kappa shape index (κ2) is 3.93. The minimum absolute atomic E-state index is 0.347. The molecule has 0 aliphatic rings. The number of halogens is 1. The van der Waals surface area contributed by atoms with E-state index in [4.69, 9.17) is 5.26 Å². The Hall–Kier alpha value is -0.810. The summed E-state index contributed by atoms with van der Waals surface area (Å²) in [6, 6.07) is 10.3. The van der Waals surface area contributed by atoms with E-state index in [0.717, 1.165) is 16.5 Å². The van der Waals surface area contributed by atoms with Gasteiger partial charge in [0.2, 0.25) is 0 Å². The Morgan fingerprint density at radius 3 is 2.31 bits per heavy atom. The van der Waals surface area contributed by atoms with E-state index in [1.807, 2.05) is 38.1 Å². The van der Waals surface area contributed by atoms with Gasteiger partial charge < -0.3 is 0 Å². The largest absolute Gasteiger partial charge is 0.197 e. The first-order chi connectivity index (χ1) is 6.12. The van der Waals surface area contributed by atoms with Crippen LogP contribution in [0.5, 0.6) is 0 Å². The Bertz CT molecular complexity index is 323. The summed E-state index contributed by atoms with van der Waals surface area (Å²) in [5, 5.41) is 9.05. The molecule has 0 saturated carbocycles. The van der Waals surface area contributed by atoms with E-state index < -0.39 is 0 Å². The van der Waals surface area contributed by atoms with E-state index in [-0.39, 0.29) is 5.41 Å². The van der Waals surface area contributed by atoms with Crippen molar-refractivity contribution in [1.29, 1.82) is 5.26 Å². The lowest BCUT2D eigenvalue weighted by molar-refractivity contribution is 0.587. The summed E-state index contributed by atoms with van der Waals surface area (Å²) in [6.45, 7) is 4.00. The van der Waals surface area contributed by atoms with Crippen molar-refractivity contribution in [1.82, 2.24) is 0 Å². The zero-order chi connectivity index (χ0) is 9.90. The highest BCUT2D eigenvalue weighted by atomic mass is 79.9. The zero-order valence-corrected chi connectivity index (χ0v) is 9.43. The van der Waals surface area contributed by atoms with Crippen LogP contribution in [-0.2, 0) is 5.41 Å². The third kappa shape index (κ3) is 2.10. The van der Waals surface area contributed by atoms with Crippen LogP contribution in [0.15, 0.2) is 28.7 Å².